The van der Waals surface area contributed by atoms with Crippen LogP contribution in [0.2, 0.25) is 0 Å². The van der Waals surface area contributed by atoms with Gasteiger partial charge in [-0.1, -0.05) is 54.6 Å². The van der Waals surface area contributed by atoms with Crippen molar-refractivity contribution in [2.45, 2.75) is 20.8 Å². The molecule has 0 saturated heterocycles. The molecule has 1 N–H and O–H groups in total. The van der Waals surface area contributed by atoms with E-state index in [1.54, 1.807) is 13.0 Å². The van der Waals surface area contributed by atoms with Gasteiger partial charge in [-0.05, 0) is 54.3 Å². The average Bonchev–Trinajstić information content (AvgIpc) is 3.19. The van der Waals surface area contributed by atoms with Crippen LogP contribution in [-0.2, 0) is 4.74 Å². The summed E-state index contributed by atoms with van der Waals surface area (Å²) < 4.78 is 5.32. The molecule has 0 spiro atoms. The zero-order valence-corrected chi connectivity index (χ0v) is 18.5. The number of hydrogen-bond donors (Lipinski definition) is 1. The van der Waals surface area contributed by atoms with Crippen LogP contribution in [0.5, 0.6) is 0 Å². The van der Waals surface area contributed by atoms with E-state index in [4.69, 9.17) is 4.74 Å². The molecule has 3 aromatic carbocycles. The van der Waals surface area contributed by atoms with Gasteiger partial charge in [-0.15, -0.1) is 11.3 Å². The molecule has 0 unspecified atom stereocenters. The summed E-state index contributed by atoms with van der Waals surface area (Å²) in [5.74, 6) is -0.693. The lowest BCUT2D eigenvalue weighted by Crippen LogP contribution is -2.15. The summed E-state index contributed by atoms with van der Waals surface area (Å²) >= 11 is 1.33. The number of anilines is 1. The lowest BCUT2D eigenvalue weighted by molar-refractivity contribution is 0.0529. The van der Waals surface area contributed by atoms with Crippen molar-refractivity contribution in [3.63, 3.8) is 0 Å². The number of thiophene rings is 1. The minimum Gasteiger partial charge on any atom is -0.462 e. The zero-order chi connectivity index (χ0) is 22.0. The SMILES string of the molecule is CCOC(=O)c1c(-c2ccc(C)c(C)c2)csc1NC(=O)c1cccc2ccccc12. The Morgan fingerprint density at radius 1 is 0.968 bits per heavy atom. The second kappa shape index (κ2) is 8.74. The Kier molecular flexibility index (Phi) is 5.87. The average molecular weight is 430 g/mol. The van der Waals surface area contributed by atoms with Crippen molar-refractivity contribution in [2.75, 3.05) is 11.9 Å². The van der Waals surface area contributed by atoms with Gasteiger partial charge in [0.25, 0.3) is 5.91 Å². The molecule has 0 saturated carbocycles. The van der Waals surface area contributed by atoms with Crippen molar-refractivity contribution in [1.82, 2.24) is 0 Å². The fraction of sp³-hybridized carbons (Fsp3) is 0.154. The van der Waals surface area contributed by atoms with Gasteiger partial charge < -0.3 is 10.1 Å². The second-order valence-electron chi connectivity index (χ2n) is 7.35. The number of carbonyl (C=O) groups excluding carboxylic acids is 2. The van der Waals surface area contributed by atoms with Crippen molar-refractivity contribution >= 4 is 39.0 Å². The van der Waals surface area contributed by atoms with Crippen LogP contribution >= 0.6 is 11.3 Å². The number of esters is 1. The maximum absolute atomic E-state index is 13.1. The van der Waals surface area contributed by atoms with E-state index in [-0.39, 0.29) is 12.5 Å². The van der Waals surface area contributed by atoms with Gasteiger partial charge in [0.15, 0.2) is 0 Å². The summed E-state index contributed by atoms with van der Waals surface area (Å²) in [6, 6.07) is 19.4. The fourth-order valence-corrected chi connectivity index (χ4v) is 4.52. The Morgan fingerprint density at radius 2 is 1.74 bits per heavy atom. The van der Waals surface area contributed by atoms with Crippen molar-refractivity contribution in [1.29, 1.82) is 0 Å². The minimum absolute atomic E-state index is 0.254. The van der Waals surface area contributed by atoms with Crippen LogP contribution in [0.3, 0.4) is 0 Å². The van der Waals surface area contributed by atoms with Crippen LogP contribution in [0.15, 0.2) is 66.0 Å². The van der Waals surface area contributed by atoms with Crippen molar-refractivity contribution in [3.05, 3.63) is 88.3 Å². The van der Waals surface area contributed by atoms with Gasteiger partial charge >= 0.3 is 5.97 Å². The molecule has 0 aliphatic rings. The maximum atomic E-state index is 13.1. The molecule has 31 heavy (non-hydrogen) atoms. The third kappa shape index (κ3) is 4.09. The van der Waals surface area contributed by atoms with Crippen LogP contribution in [0.25, 0.3) is 21.9 Å². The molecule has 1 heterocycles. The Balaban J connectivity index is 1.76. The third-order valence-electron chi connectivity index (χ3n) is 5.35. The number of carbonyl (C=O) groups is 2. The lowest BCUT2D eigenvalue weighted by Gasteiger charge is -2.11. The highest BCUT2D eigenvalue weighted by atomic mass is 32.1. The van der Waals surface area contributed by atoms with E-state index in [9.17, 15) is 9.59 Å². The number of hydrogen-bond acceptors (Lipinski definition) is 4. The summed E-state index contributed by atoms with van der Waals surface area (Å²) in [5.41, 5.74) is 4.96. The summed E-state index contributed by atoms with van der Waals surface area (Å²) in [4.78, 5) is 26.0. The monoisotopic (exact) mass is 429 g/mol. The zero-order valence-electron chi connectivity index (χ0n) is 17.7. The van der Waals surface area contributed by atoms with E-state index in [1.165, 1.54) is 16.9 Å². The molecule has 4 nitrogen and oxygen atoms in total. The molecular weight excluding hydrogens is 406 g/mol. The molecule has 156 valence electrons. The van der Waals surface area contributed by atoms with Gasteiger partial charge in [-0.25, -0.2) is 4.79 Å². The predicted octanol–water partition coefficient (Wildman–Crippen LogP) is 6.61. The van der Waals surface area contributed by atoms with Crippen molar-refractivity contribution in [2.24, 2.45) is 0 Å². The van der Waals surface area contributed by atoms with Crippen molar-refractivity contribution < 1.29 is 14.3 Å². The highest BCUT2D eigenvalue weighted by Gasteiger charge is 2.23. The van der Waals surface area contributed by atoms with E-state index in [1.807, 2.05) is 60.8 Å². The molecule has 0 radical (unpaired) electrons. The number of fused-ring (bicyclic) bond motifs is 1. The summed E-state index contributed by atoms with van der Waals surface area (Å²) in [6.07, 6.45) is 0. The number of ether oxygens (including phenoxy) is 1. The normalized spacial score (nSPS) is 10.8. The van der Waals surface area contributed by atoms with Gasteiger partial charge in [-0.2, -0.15) is 0 Å². The number of nitrogens with one attached hydrogen (secondary N) is 1. The Labute approximate surface area is 185 Å². The smallest absolute Gasteiger partial charge is 0.341 e. The molecule has 1 amide bonds. The van der Waals surface area contributed by atoms with Gasteiger partial charge in [0, 0.05) is 16.5 Å². The Morgan fingerprint density at radius 3 is 2.52 bits per heavy atom. The standard InChI is InChI=1S/C26H23NO3S/c1-4-30-26(29)23-22(19-13-12-16(2)17(3)14-19)15-31-25(23)27-24(28)21-11-7-9-18-8-5-6-10-20(18)21/h5-15H,4H2,1-3H3,(H,27,28). The number of amides is 1. The largest absolute Gasteiger partial charge is 0.462 e. The Hall–Kier alpha value is -3.44. The molecule has 0 aliphatic carbocycles. The molecule has 4 rings (SSSR count). The molecule has 4 aromatic rings. The van der Waals surface area contributed by atoms with Crippen LogP contribution in [0.4, 0.5) is 5.00 Å². The van der Waals surface area contributed by atoms with Gasteiger partial charge in [0.1, 0.15) is 10.6 Å². The molecule has 1 aromatic heterocycles. The molecule has 0 aliphatic heterocycles. The van der Waals surface area contributed by atoms with Gasteiger partial charge in [-0.3, -0.25) is 4.79 Å². The van der Waals surface area contributed by atoms with Gasteiger partial charge in [0.05, 0.1) is 6.61 Å². The first kappa shape index (κ1) is 20.8. The second-order valence-corrected chi connectivity index (χ2v) is 8.23. The highest BCUT2D eigenvalue weighted by Crippen LogP contribution is 2.37. The summed E-state index contributed by atoms with van der Waals surface area (Å²) in [7, 11) is 0. The first-order valence-corrected chi connectivity index (χ1v) is 11.0. The topological polar surface area (TPSA) is 55.4 Å². The predicted molar refractivity (Wildman–Crippen MR) is 127 cm³/mol. The van der Waals surface area contributed by atoms with Crippen LogP contribution < -0.4 is 5.32 Å². The Bertz CT molecular complexity index is 1280. The first-order valence-electron chi connectivity index (χ1n) is 10.1. The molecule has 0 fully saturated rings. The number of aryl methyl sites for hydroxylation is 2. The van der Waals surface area contributed by atoms with E-state index in [0.717, 1.165) is 27.5 Å². The van der Waals surface area contributed by atoms with E-state index in [2.05, 4.69) is 18.3 Å². The summed E-state index contributed by atoms with van der Waals surface area (Å²) in [5, 5.41) is 7.20. The quantitative estimate of drug-likeness (QED) is 0.363. The lowest BCUT2D eigenvalue weighted by atomic mass is 9.99. The maximum Gasteiger partial charge on any atom is 0.341 e. The molecular formula is C26H23NO3S. The van der Waals surface area contributed by atoms with E-state index < -0.39 is 5.97 Å². The molecule has 0 atom stereocenters. The molecule has 5 heteroatoms. The minimum atomic E-state index is -0.440. The third-order valence-corrected chi connectivity index (χ3v) is 6.25. The van der Waals surface area contributed by atoms with Crippen LogP contribution in [0.1, 0.15) is 38.8 Å². The van der Waals surface area contributed by atoms with Gasteiger partial charge in [0.2, 0.25) is 0 Å². The summed E-state index contributed by atoms with van der Waals surface area (Å²) in [6.45, 7) is 6.12. The van der Waals surface area contributed by atoms with E-state index >= 15 is 0 Å². The van der Waals surface area contributed by atoms with Crippen LogP contribution in [0, 0.1) is 13.8 Å². The first-order chi connectivity index (χ1) is 15.0. The number of benzene rings is 3. The van der Waals surface area contributed by atoms with E-state index in [0.29, 0.717) is 16.1 Å². The number of rotatable bonds is 5. The highest BCUT2D eigenvalue weighted by molar-refractivity contribution is 7.15. The molecule has 0 bridgehead atoms. The van der Waals surface area contributed by atoms with Crippen molar-refractivity contribution in [3.8, 4) is 11.1 Å². The van der Waals surface area contributed by atoms with Crippen LogP contribution in [-0.4, -0.2) is 18.5 Å². The fourth-order valence-electron chi connectivity index (χ4n) is 3.57.